The van der Waals surface area contributed by atoms with Gasteiger partial charge in [-0.05, 0) is 32.4 Å². The SMILES string of the molecule is CCO[C@@H]1[C@H](O)[C@@H](CO)C[C@H]1Nc1nc(NCC(F)(F)F)nc(C)c1-c1nc2ccccc2s1. The Morgan fingerprint density at radius 3 is 2.65 bits per heavy atom. The van der Waals surface area contributed by atoms with Crippen molar-refractivity contribution in [3.05, 3.63) is 30.0 Å². The summed E-state index contributed by atoms with van der Waals surface area (Å²) in [7, 11) is 0. The molecule has 1 aliphatic carbocycles. The van der Waals surface area contributed by atoms with E-state index in [1.165, 1.54) is 11.3 Å². The molecule has 0 bridgehead atoms. The number of ether oxygens (including phenoxy) is 1. The molecular formula is C22H26F3N5O3S. The van der Waals surface area contributed by atoms with E-state index in [1.54, 1.807) is 13.8 Å². The minimum Gasteiger partial charge on any atom is -0.396 e. The van der Waals surface area contributed by atoms with Crippen LogP contribution in [0.1, 0.15) is 19.0 Å². The average molecular weight is 498 g/mol. The first kappa shape index (κ1) is 24.6. The molecule has 0 unspecified atom stereocenters. The Kier molecular flexibility index (Phi) is 7.22. The van der Waals surface area contributed by atoms with Crippen LogP contribution in [0.3, 0.4) is 0 Å². The van der Waals surface area contributed by atoms with E-state index in [0.29, 0.717) is 29.3 Å². The molecule has 4 rings (SSSR count). The van der Waals surface area contributed by atoms with Crippen molar-refractivity contribution in [1.82, 2.24) is 15.0 Å². The van der Waals surface area contributed by atoms with Gasteiger partial charge in [0.25, 0.3) is 0 Å². The highest BCUT2D eigenvalue weighted by Crippen LogP contribution is 2.38. The van der Waals surface area contributed by atoms with Crippen LogP contribution in [0.4, 0.5) is 24.9 Å². The summed E-state index contributed by atoms with van der Waals surface area (Å²) >= 11 is 1.42. The van der Waals surface area contributed by atoms with Crippen molar-refractivity contribution in [2.45, 2.75) is 44.7 Å². The summed E-state index contributed by atoms with van der Waals surface area (Å²) in [5.41, 5.74) is 1.80. The molecule has 1 aliphatic rings. The van der Waals surface area contributed by atoms with Crippen molar-refractivity contribution in [1.29, 1.82) is 0 Å². The molecular weight excluding hydrogens is 471 g/mol. The molecule has 12 heteroatoms. The van der Waals surface area contributed by atoms with E-state index in [2.05, 4.69) is 25.6 Å². The van der Waals surface area contributed by atoms with Gasteiger partial charge in [-0.2, -0.15) is 18.2 Å². The number of fused-ring (bicyclic) bond motifs is 1. The number of aryl methyl sites for hydroxylation is 1. The molecule has 3 aromatic rings. The number of aromatic nitrogens is 3. The molecule has 0 saturated heterocycles. The zero-order valence-corrected chi connectivity index (χ0v) is 19.5. The molecule has 0 radical (unpaired) electrons. The van der Waals surface area contributed by atoms with Gasteiger partial charge in [0, 0.05) is 19.1 Å². The van der Waals surface area contributed by atoms with E-state index in [9.17, 15) is 23.4 Å². The number of aliphatic hydroxyl groups is 2. The molecule has 2 aromatic heterocycles. The van der Waals surface area contributed by atoms with Gasteiger partial charge in [-0.1, -0.05) is 12.1 Å². The fraction of sp³-hybridized carbons (Fsp3) is 0.500. The van der Waals surface area contributed by atoms with Crippen molar-refractivity contribution in [2.24, 2.45) is 5.92 Å². The van der Waals surface area contributed by atoms with Gasteiger partial charge in [0.1, 0.15) is 23.5 Å². The van der Waals surface area contributed by atoms with Crippen LogP contribution in [0, 0.1) is 12.8 Å². The Labute approximate surface area is 198 Å². The molecule has 4 atom stereocenters. The number of alkyl halides is 3. The molecule has 34 heavy (non-hydrogen) atoms. The summed E-state index contributed by atoms with van der Waals surface area (Å²) in [4.78, 5) is 13.3. The van der Waals surface area contributed by atoms with Crippen molar-refractivity contribution in [3.63, 3.8) is 0 Å². The van der Waals surface area contributed by atoms with Gasteiger partial charge in [0.2, 0.25) is 5.95 Å². The molecule has 4 N–H and O–H groups in total. The van der Waals surface area contributed by atoms with Crippen molar-refractivity contribution < 1.29 is 28.1 Å². The quantitative estimate of drug-likeness (QED) is 0.374. The second-order valence-corrected chi connectivity index (χ2v) is 9.18. The third-order valence-electron chi connectivity index (χ3n) is 5.73. The Morgan fingerprint density at radius 2 is 1.97 bits per heavy atom. The summed E-state index contributed by atoms with van der Waals surface area (Å²) in [5, 5.41) is 26.4. The molecule has 1 aromatic carbocycles. The molecule has 1 saturated carbocycles. The van der Waals surface area contributed by atoms with Crippen molar-refractivity contribution in [3.8, 4) is 10.6 Å². The number of hydrogen-bond acceptors (Lipinski definition) is 9. The van der Waals surface area contributed by atoms with Gasteiger partial charge in [-0.25, -0.2) is 9.97 Å². The maximum Gasteiger partial charge on any atom is 0.405 e. The predicted molar refractivity (Wildman–Crippen MR) is 124 cm³/mol. The van der Waals surface area contributed by atoms with E-state index in [4.69, 9.17) is 4.74 Å². The van der Waals surface area contributed by atoms with Crippen LogP contribution in [0.15, 0.2) is 24.3 Å². The van der Waals surface area contributed by atoms with Crippen LogP contribution in [-0.2, 0) is 4.74 Å². The van der Waals surface area contributed by atoms with Gasteiger partial charge in [-0.15, -0.1) is 11.3 Å². The maximum absolute atomic E-state index is 12.8. The maximum atomic E-state index is 12.8. The summed E-state index contributed by atoms with van der Waals surface area (Å²) in [6.45, 7) is 2.35. The topological polar surface area (TPSA) is 112 Å². The molecule has 184 valence electrons. The van der Waals surface area contributed by atoms with E-state index in [1.807, 2.05) is 24.3 Å². The Morgan fingerprint density at radius 1 is 1.21 bits per heavy atom. The van der Waals surface area contributed by atoms with Crippen molar-refractivity contribution in [2.75, 3.05) is 30.4 Å². The number of hydrogen-bond donors (Lipinski definition) is 4. The number of halogens is 3. The number of aliphatic hydroxyl groups excluding tert-OH is 2. The zero-order chi connectivity index (χ0) is 24.5. The monoisotopic (exact) mass is 497 g/mol. The van der Waals surface area contributed by atoms with Gasteiger partial charge in [0.05, 0.1) is 33.6 Å². The van der Waals surface area contributed by atoms with Crippen LogP contribution in [0.5, 0.6) is 0 Å². The normalized spacial score (nSPS) is 22.9. The highest BCUT2D eigenvalue weighted by Gasteiger charge is 2.43. The van der Waals surface area contributed by atoms with Crippen LogP contribution in [-0.4, -0.2) is 69.3 Å². The van der Waals surface area contributed by atoms with Crippen LogP contribution < -0.4 is 10.6 Å². The fourth-order valence-corrected chi connectivity index (χ4v) is 5.25. The van der Waals surface area contributed by atoms with Crippen LogP contribution >= 0.6 is 11.3 Å². The summed E-state index contributed by atoms with van der Waals surface area (Å²) in [6, 6.07) is 7.16. The number of rotatable bonds is 8. The highest BCUT2D eigenvalue weighted by atomic mass is 32.1. The molecule has 2 heterocycles. The number of para-hydroxylation sites is 1. The smallest absolute Gasteiger partial charge is 0.396 e. The first-order valence-electron chi connectivity index (χ1n) is 10.9. The van der Waals surface area contributed by atoms with E-state index in [0.717, 1.165) is 10.2 Å². The fourth-order valence-electron chi connectivity index (χ4n) is 4.18. The minimum absolute atomic E-state index is 0.174. The first-order chi connectivity index (χ1) is 16.2. The molecule has 0 aliphatic heterocycles. The number of nitrogens with one attached hydrogen (secondary N) is 2. The molecule has 0 amide bonds. The Bertz CT molecular complexity index is 1110. The third-order valence-corrected chi connectivity index (χ3v) is 6.79. The molecule has 0 spiro atoms. The Balaban J connectivity index is 1.75. The van der Waals surface area contributed by atoms with E-state index in [-0.39, 0.29) is 18.4 Å². The summed E-state index contributed by atoms with van der Waals surface area (Å²) < 4.78 is 45.0. The summed E-state index contributed by atoms with van der Waals surface area (Å²) in [6.07, 6.45) is -5.54. The van der Waals surface area contributed by atoms with E-state index < -0.39 is 36.9 Å². The lowest BCUT2D eigenvalue weighted by Crippen LogP contribution is -2.38. The third kappa shape index (κ3) is 5.24. The minimum atomic E-state index is -4.43. The van der Waals surface area contributed by atoms with Crippen LogP contribution in [0.25, 0.3) is 20.8 Å². The van der Waals surface area contributed by atoms with Gasteiger partial charge >= 0.3 is 6.18 Å². The molecule has 1 fully saturated rings. The standard InChI is InChI=1S/C22H26F3N5O3S/c1-3-33-18-14(8-12(9-31)17(18)32)28-19-16(20-29-13-6-4-5-7-15(13)34-20)11(2)27-21(30-19)26-10-22(23,24)25/h4-7,12,14,17-18,31-32H,3,8-10H2,1-2H3,(H2,26,27,28,30)/t12-,14-,17-,18+/m1/s1. The molecule has 8 nitrogen and oxygen atoms in total. The number of anilines is 2. The lowest BCUT2D eigenvalue weighted by Gasteiger charge is -2.25. The van der Waals surface area contributed by atoms with E-state index >= 15 is 0 Å². The largest absolute Gasteiger partial charge is 0.405 e. The second kappa shape index (κ2) is 9.98. The van der Waals surface area contributed by atoms with Gasteiger partial charge in [0.15, 0.2) is 0 Å². The summed E-state index contributed by atoms with van der Waals surface area (Å²) in [5.74, 6) is -0.283. The predicted octanol–water partition coefficient (Wildman–Crippen LogP) is 3.59. The number of nitrogens with zero attached hydrogens (tertiary/aromatic N) is 3. The van der Waals surface area contributed by atoms with Gasteiger partial charge < -0.3 is 25.6 Å². The lowest BCUT2D eigenvalue weighted by atomic mass is 10.1. The lowest BCUT2D eigenvalue weighted by molar-refractivity contribution is -0.115. The number of thiazole rings is 1. The van der Waals surface area contributed by atoms with Crippen LogP contribution in [0.2, 0.25) is 0 Å². The van der Waals surface area contributed by atoms with Crippen molar-refractivity contribution >= 4 is 33.3 Å². The Hall–Kier alpha value is -2.54. The highest BCUT2D eigenvalue weighted by molar-refractivity contribution is 7.21. The number of benzene rings is 1. The van der Waals surface area contributed by atoms with Gasteiger partial charge in [-0.3, -0.25) is 0 Å². The first-order valence-corrected chi connectivity index (χ1v) is 11.7. The zero-order valence-electron chi connectivity index (χ0n) is 18.6. The second-order valence-electron chi connectivity index (χ2n) is 8.15. The average Bonchev–Trinajstić information content (AvgIpc) is 3.33.